The van der Waals surface area contributed by atoms with E-state index in [0.29, 0.717) is 18.0 Å². The maximum atomic E-state index is 5.92. The van der Waals surface area contributed by atoms with E-state index in [-0.39, 0.29) is 0 Å². The van der Waals surface area contributed by atoms with Gasteiger partial charge in [0, 0.05) is 11.5 Å². The summed E-state index contributed by atoms with van der Waals surface area (Å²) in [5.74, 6) is 0.674. The molecule has 84 valence electrons. The van der Waals surface area contributed by atoms with Gasteiger partial charge in [-0.1, -0.05) is 0 Å². The van der Waals surface area contributed by atoms with Crippen LogP contribution in [-0.2, 0) is 0 Å². The standard InChI is InChI=1S/C12H15N3O/c1-4-16-12-6-11-9(5-10(12)13)7(2)8(3)14-15-11/h5-6H,4,13H2,1-3H3. The van der Waals surface area contributed by atoms with Crippen LogP contribution in [0, 0.1) is 13.8 Å². The molecule has 0 bridgehead atoms. The summed E-state index contributed by atoms with van der Waals surface area (Å²) in [5, 5.41) is 9.27. The van der Waals surface area contributed by atoms with Crippen LogP contribution in [-0.4, -0.2) is 16.8 Å². The number of aromatic nitrogens is 2. The zero-order valence-electron chi connectivity index (χ0n) is 9.74. The van der Waals surface area contributed by atoms with Gasteiger partial charge in [-0.3, -0.25) is 0 Å². The smallest absolute Gasteiger partial charge is 0.144 e. The number of rotatable bonds is 2. The molecule has 0 spiro atoms. The van der Waals surface area contributed by atoms with Crippen molar-refractivity contribution >= 4 is 16.6 Å². The summed E-state index contributed by atoms with van der Waals surface area (Å²) in [6, 6.07) is 3.74. The molecule has 4 nitrogen and oxygen atoms in total. The summed E-state index contributed by atoms with van der Waals surface area (Å²) in [4.78, 5) is 0. The van der Waals surface area contributed by atoms with Gasteiger partial charge in [0.1, 0.15) is 5.75 Å². The lowest BCUT2D eigenvalue weighted by molar-refractivity contribution is 0.342. The second-order valence-electron chi connectivity index (χ2n) is 3.75. The molecule has 2 N–H and O–H groups in total. The van der Waals surface area contributed by atoms with E-state index in [1.54, 1.807) is 0 Å². The predicted octanol–water partition coefficient (Wildman–Crippen LogP) is 2.23. The highest BCUT2D eigenvalue weighted by atomic mass is 16.5. The first kappa shape index (κ1) is 10.7. The molecule has 0 fully saturated rings. The molecule has 0 amide bonds. The molecule has 1 heterocycles. The molecule has 16 heavy (non-hydrogen) atoms. The zero-order valence-corrected chi connectivity index (χ0v) is 9.74. The summed E-state index contributed by atoms with van der Waals surface area (Å²) in [7, 11) is 0. The third-order valence-corrected chi connectivity index (χ3v) is 2.68. The molecule has 0 saturated carbocycles. The first-order valence-electron chi connectivity index (χ1n) is 5.29. The molecule has 1 aromatic heterocycles. The van der Waals surface area contributed by atoms with Gasteiger partial charge in [0.15, 0.2) is 0 Å². The monoisotopic (exact) mass is 217 g/mol. The molecule has 0 aliphatic heterocycles. The largest absolute Gasteiger partial charge is 0.492 e. The van der Waals surface area contributed by atoms with Crippen molar-refractivity contribution in [3.8, 4) is 5.75 Å². The minimum Gasteiger partial charge on any atom is -0.492 e. The molecule has 2 rings (SSSR count). The van der Waals surface area contributed by atoms with Gasteiger partial charge in [-0.05, 0) is 32.4 Å². The summed E-state index contributed by atoms with van der Waals surface area (Å²) in [5.41, 5.74) is 9.42. The number of hydrogen-bond donors (Lipinski definition) is 1. The minimum atomic E-state index is 0.591. The Bertz CT molecular complexity index is 537. The summed E-state index contributed by atoms with van der Waals surface area (Å²) >= 11 is 0. The van der Waals surface area contributed by atoms with Crippen LogP contribution in [0.3, 0.4) is 0 Å². The van der Waals surface area contributed by atoms with Crippen molar-refractivity contribution in [3.05, 3.63) is 23.4 Å². The van der Waals surface area contributed by atoms with Crippen LogP contribution in [0.5, 0.6) is 5.75 Å². The average Bonchev–Trinajstić information content (AvgIpc) is 2.26. The Kier molecular flexibility index (Phi) is 2.64. The average molecular weight is 217 g/mol. The van der Waals surface area contributed by atoms with Gasteiger partial charge in [-0.25, -0.2) is 0 Å². The van der Waals surface area contributed by atoms with Crippen molar-refractivity contribution in [2.75, 3.05) is 12.3 Å². The summed E-state index contributed by atoms with van der Waals surface area (Å²) in [6.45, 7) is 6.48. The lowest BCUT2D eigenvalue weighted by atomic mass is 10.1. The number of nitrogen functional groups attached to an aromatic ring is 1. The van der Waals surface area contributed by atoms with Crippen LogP contribution in [0.1, 0.15) is 18.2 Å². The topological polar surface area (TPSA) is 61.0 Å². The molecular formula is C12H15N3O. The highest BCUT2D eigenvalue weighted by Gasteiger charge is 2.08. The van der Waals surface area contributed by atoms with E-state index in [0.717, 1.165) is 22.2 Å². The van der Waals surface area contributed by atoms with Crippen molar-refractivity contribution < 1.29 is 4.74 Å². The number of nitrogens with two attached hydrogens (primary N) is 1. The van der Waals surface area contributed by atoms with Crippen LogP contribution < -0.4 is 10.5 Å². The fourth-order valence-electron chi connectivity index (χ4n) is 1.65. The van der Waals surface area contributed by atoms with Crippen molar-refractivity contribution in [2.24, 2.45) is 0 Å². The fraction of sp³-hybridized carbons (Fsp3) is 0.333. The molecule has 0 atom stereocenters. The Morgan fingerprint density at radius 2 is 2.00 bits per heavy atom. The number of aryl methyl sites for hydroxylation is 2. The number of anilines is 1. The van der Waals surface area contributed by atoms with Gasteiger partial charge in [-0.15, -0.1) is 0 Å². The van der Waals surface area contributed by atoms with Crippen LogP contribution >= 0.6 is 0 Å². The molecule has 4 heteroatoms. The zero-order chi connectivity index (χ0) is 11.7. The van der Waals surface area contributed by atoms with Gasteiger partial charge in [0.25, 0.3) is 0 Å². The quantitative estimate of drug-likeness (QED) is 0.783. The Balaban J connectivity index is 2.69. The third kappa shape index (κ3) is 1.66. The second-order valence-corrected chi connectivity index (χ2v) is 3.75. The number of nitrogens with zero attached hydrogens (tertiary/aromatic N) is 2. The van der Waals surface area contributed by atoms with Crippen molar-refractivity contribution in [2.45, 2.75) is 20.8 Å². The van der Waals surface area contributed by atoms with Gasteiger partial charge in [-0.2, -0.15) is 10.2 Å². The first-order valence-corrected chi connectivity index (χ1v) is 5.29. The van der Waals surface area contributed by atoms with E-state index in [1.165, 1.54) is 0 Å². The Morgan fingerprint density at radius 1 is 1.25 bits per heavy atom. The third-order valence-electron chi connectivity index (χ3n) is 2.68. The van der Waals surface area contributed by atoms with Gasteiger partial charge < -0.3 is 10.5 Å². The molecule has 0 saturated heterocycles. The SMILES string of the molecule is CCOc1cc2nnc(C)c(C)c2cc1N. The van der Waals surface area contributed by atoms with Crippen molar-refractivity contribution in [1.29, 1.82) is 0 Å². The predicted molar refractivity (Wildman–Crippen MR) is 64.6 cm³/mol. The number of fused-ring (bicyclic) bond motifs is 1. The maximum Gasteiger partial charge on any atom is 0.144 e. The Hall–Kier alpha value is -1.84. The number of benzene rings is 1. The number of ether oxygens (including phenoxy) is 1. The van der Waals surface area contributed by atoms with E-state index in [9.17, 15) is 0 Å². The Labute approximate surface area is 94.4 Å². The van der Waals surface area contributed by atoms with Gasteiger partial charge in [0.05, 0.1) is 23.5 Å². The maximum absolute atomic E-state index is 5.92. The van der Waals surface area contributed by atoms with E-state index >= 15 is 0 Å². The van der Waals surface area contributed by atoms with E-state index in [2.05, 4.69) is 10.2 Å². The van der Waals surface area contributed by atoms with Crippen LogP contribution in [0.2, 0.25) is 0 Å². The molecular weight excluding hydrogens is 202 g/mol. The molecule has 0 radical (unpaired) electrons. The van der Waals surface area contributed by atoms with Crippen LogP contribution in [0.4, 0.5) is 5.69 Å². The molecule has 1 aromatic carbocycles. The molecule has 0 aliphatic rings. The van der Waals surface area contributed by atoms with Gasteiger partial charge >= 0.3 is 0 Å². The van der Waals surface area contributed by atoms with Crippen LogP contribution in [0.15, 0.2) is 12.1 Å². The summed E-state index contributed by atoms with van der Waals surface area (Å²) in [6.07, 6.45) is 0. The normalized spacial score (nSPS) is 10.7. The highest BCUT2D eigenvalue weighted by molar-refractivity contribution is 5.87. The first-order chi connectivity index (χ1) is 7.63. The minimum absolute atomic E-state index is 0.591. The lowest BCUT2D eigenvalue weighted by Gasteiger charge is -2.09. The van der Waals surface area contributed by atoms with E-state index in [1.807, 2.05) is 32.9 Å². The van der Waals surface area contributed by atoms with Crippen molar-refractivity contribution in [1.82, 2.24) is 10.2 Å². The number of hydrogen-bond acceptors (Lipinski definition) is 4. The van der Waals surface area contributed by atoms with Crippen LogP contribution in [0.25, 0.3) is 10.9 Å². The molecule has 0 unspecified atom stereocenters. The fourth-order valence-corrected chi connectivity index (χ4v) is 1.65. The highest BCUT2D eigenvalue weighted by Crippen LogP contribution is 2.29. The molecule has 2 aromatic rings. The molecule has 0 aliphatic carbocycles. The van der Waals surface area contributed by atoms with E-state index < -0.39 is 0 Å². The Morgan fingerprint density at radius 3 is 2.69 bits per heavy atom. The summed E-state index contributed by atoms with van der Waals surface area (Å²) < 4.78 is 5.42. The lowest BCUT2D eigenvalue weighted by Crippen LogP contribution is -1.99. The second kappa shape index (κ2) is 3.96. The van der Waals surface area contributed by atoms with Gasteiger partial charge in [0.2, 0.25) is 0 Å². The van der Waals surface area contributed by atoms with E-state index in [4.69, 9.17) is 10.5 Å². The van der Waals surface area contributed by atoms with Crippen molar-refractivity contribution in [3.63, 3.8) is 0 Å².